The quantitative estimate of drug-likeness (QED) is 0.251. The van der Waals surface area contributed by atoms with Gasteiger partial charge in [0.05, 0.1) is 5.71 Å². The van der Waals surface area contributed by atoms with E-state index in [-0.39, 0.29) is 0 Å². The lowest BCUT2D eigenvalue weighted by atomic mass is 10.1. The molecule has 0 aromatic heterocycles. The topological polar surface area (TPSA) is 62.4 Å². The molecule has 18 heavy (non-hydrogen) atoms. The first-order valence-electron chi connectivity index (χ1n) is 6.07. The highest BCUT2D eigenvalue weighted by Crippen LogP contribution is 2.06. The highest BCUT2D eigenvalue weighted by atomic mass is 32.1. The molecule has 0 heterocycles. The van der Waals surface area contributed by atoms with Gasteiger partial charge in [0, 0.05) is 12.2 Å². The van der Waals surface area contributed by atoms with Crippen LogP contribution in [0.25, 0.3) is 0 Å². The van der Waals surface area contributed by atoms with Crippen LogP contribution in [0.3, 0.4) is 0 Å². The van der Waals surface area contributed by atoms with E-state index >= 15 is 0 Å². The predicted molar refractivity (Wildman–Crippen MR) is 81.7 cm³/mol. The number of rotatable bonds is 5. The Morgan fingerprint density at radius 3 is 2.61 bits per heavy atom. The lowest BCUT2D eigenvalue weighted by molar-refractivity contribution is 0.745. The van der Waals surface area contributed by atoms with E-state index in [4.69, 9.17) is 18.0 Å². The van der Waals surface area contributed by atoms with Gasteiger partial charge < -0.3 is 11.1 Å². The van der Waals surface area contributed by atoms with Gasteiger partial charge in [-0.2, -0.15) is 5.10 Å². The number of hydrogen-bond acceptors (Lipinski definition) is 3. The highest BCUT2D eigenvalue weighted by Gasteiger charge is 1.97. The van der Waals surface area contributed by atoms with Gasteiger partial charge in [0.1, 0.15) is 0 Å². The van der Waals surface area contributed by atoms with Crippen LogP contribution in [-0.4, -0.2) is 17.4 Å². The molecule has 1 aromatic rings. The van der Waals surface area contributed by atoms with Crippen molar-refractivity contribution in [1.82, 2.24) is 10.7 Å². The lowest BCUT2D eigenvalue weighted by Crippen LogP contribution is -2.33. The molecule has 0 radical (unpaired) electrons. The molecule has 0 aliphatic heterocycles. The predicted octanol–water partition coefficient (Wildman–Crippen LogP) is 2.26. The van der Waals surface area contributed by atoms with E-state index in [9.17, 15) is 0 Å². The molecular weight excluding hydrogens is 244 g/mol. The normalized spacial score (nSPS) is 11.1. The maximum absolute atomic E-state index is 5.63. The van der Waals surface area contributed by atoms with E-state index < -0.39 is 0 Å². The summed E-state index contributed by atoms with van der Waals surface area (Å²) in [4.78, 5) is 0. The Morgan fingerprint density at radius 1 is 1.33 bits per heavy atom. The monoisotopic (exact) mass is 264 g/mol. The Kier molecular flexibility index (Phi) is 6.14. The molecular formula is C13H20N4S. The molecule has 0 unspecified atom stereocenters. The third-order valence-corrected chi connectivity index (χ3v) is 2.71. The molecule has 0 atom stereocenters. The second kappa shape index (κ2) is 7.66. The molecule has 0 spiro atoms. The molecule has 0 aliphatic rings. The van der Waals surface area contributed by atoms with Gasteiger partial charge in [0.2, 0.25) is 0 Å². The molecule has 0 bridgehead atoms. The zero-order valence-electron chi connectivity index (χ0n) is 10.9. The van der Waals surface area contributed by atoms with E-state index in [0.717, 1.165) is 36.3 Å². The van der Waals surface area contributed by atoms with Crippen molar-refractivity contribution in [3.63, 3.8) is 0 Å². The summed E-state index contributed by atoms with van der Waals surface area (Å²) in [6, 6.07) is 7.57. The SMILES string of the molecule is CCCCNC(=S)N/N=C(/C)c1ccc(N)cc1. The first-order chi connectivity index (χ1) is 8.63. The summed E-state index contributed by atoms with van der Waals surface area (Å²) in [6.07, 6.45) is 2.24. The number of nitrogens with zero attached hydrogens (tertiary/aromatic N) is 1. The van der Waals surface area contributed by atoms with E-state index in [1.807, 2.05) is 31.2 Å². The number of hydrogen-bond donors (Lipinski definition) is 3. The number of thiocarbonyl (C=S) groups is 1. The van der Waals surface area contributed by atoms with Gasteiger partial charge in [0.15, 0.2) is 5.11 Å². The van der Waals surface area contributed by atoms with Crippen molar-refractivity contribution in [2.75, 3.05) is 12.3 Å². The van der Waals surface area contributed by atoms with Crippen LogP contribution in [0, 0.1) is 0 Å². The highest BCUT2D eigenvalue weighted by molar-refractivity contribution is 7.80. The van der Waals surface area contributed by atoms with Crippen molar-refractivity contribution in [2.45, 2.75) is 26.7 Å². The van der Waals surface area contributed by atoms with E-state index in [1.165, 1.54) is 0 Å². The summed E-state index contributed by atoms with van der Waals surface area (Å²) in [6.45, 7) is 4.94. The number of unbranched alkanes of at least 4 members (excludes halogenated alkanes) is 1. The van der Waals surface area contributed by atoms with Crippen LogP contribution in [0.4, 0.5) is 5.69 Å². The van der Waals surface area contributed by atoms with Crippen LogP contribution in [0.5, 0.6) is 0 Å². The first kappa shape index (κ1) is 14.4. The third kappa shape index (κ3) is 5.14. The minimum Gasteiger partial charge on any atom is -0.399 e. The molecule has 0 saturated carbocycles. The van der Waals surface area contributed by atoms with Gasteiger partial charge in [-0.15, -0.1) is 0 Å². The van der Waals surface area contributed by atoms with Crippen molar-refractivity contribution >= 4 is 28.7 Å². The molecule has 0 aliphatic carbocycles. The summed E-state index contributed by atoms with van der Waals surface area (Å²) in [5, 5.41) is 7.87. The van der Waals surface area contributed by atoms with Crippen molar-refractivity contribution in [3.05, 3.63) is 29.8 Å². The lowest BCUT2D eigenvalue weighted by Gasteiger charge is -2.07. The number of nitrogens with one attached hydrogen (secondary N) is 2. The Balaban J connectivity index is 2.46. The first-order valence-corrected chi connectivity index (χ1v) is 6.48. The number of hydrazone groups is 1. The van der Waals surface area contributed by atoms with Crippen molar-refractivity contribution in [3.8, 4) is 0 Å². The molecule has 1 aromatic carbocycles. The third-order valence-electron chi connectivity index (χ3n) is 2.47. The van der Waals surface area contributed by atoms with Gasteiger partial charge in [-0.05, 0) is 43.3 Å². The zero-order chi connectivity index (χ0) is 13.4. The minimum absolute atomic E-state index is 0.554. The molecule has 4 nitrogen and oxygen atoms in total. The van der Waals surface area contributed by atoms with Crippen LogP contribution in [0.1, 0.15) is 32.3 Å². The van der Waals surface area contributed by atoms with E-state index in [1.54, 1.807) is 0 Å². The standard InChI is InChI=1S/C13H20N4S/c1-3-4-9-15-13(18)17-16-10(2)11-5-7-12(14)8-6-11/h5-8H,3-4,9,14H2,1-2H3,(H2,15,17,18)/b16-10-. The smallest absolute Gasteiger partial charge is 0.186 e. The molecule has 0 fully saturated rings. The van der Waals surface area contributed by atoms with Crippen LogP contribution >= 0.6 is 12.2 Å². The average molecular weight is 264 g/mol. The Labute approximate surface area is 114 Å². The fourth-order valence-corrected chi connectivity index (χ4v) is 1.49. The maximum atomic E-state index is 5.63. The fourth-order valence-electron chi connectivity index (χ4n) is 1.34. The second-order valence-corrected chi connectivity index (χ2v) is 4.45. The summed E-state index contributed by atoms with van der Waals surface area (Å²) < 4.78 is 0. The Hall–Kier alpha value is -1.62. The van der Waals surface area contributed by atoms with Crippen molar-refractivity contribution in [1.29, 1.82) is 0 Å². The zero-order valence-corrected chi connectivity index (χ0v) is 11.7. The molecule has 4 N–H and O–H groups in total. The maximum Gasteiger partial charge on any atom is 0.186 e. The Bertz CT molecular complexity index is 412. The van der Waals surface area contributed by atoms with Crippen LogP contribution in [-0.2, 0) is 0 Å². The van der Waals surface area contributed by atoms with Crippen molar-refractivity contribution < 1.29 is 0 Å². The molecule has 98 valence electrons. The number of nitrogen functional groups attached to an aromatic ring is 1. The van der Waals surface area contributed by atoms with Crippen LogP contribution in [0.2, 0.25) is 0 Å². The van der Waals surface area contributed by atoms with Gasteiger partial charge in [0.25, 0.3) is 0 Å². The summed E-state index contributed by atoms with van der Waals surface area (Å²) in [7, 11) is 0. The molecule has 1 rings (SSSR count). The largest absolute Gasteiger partial charge is 0.399 e. The van der Waals surface area contributed by atoms with Crippen molar-refractivity contribution in [2.24, 2.45) is 5.10 Å². The fraction of sp³-hybridized carbons (Fsp3) is 0.385. The van der Waals surface area contributed by atoms with Gasteiger partial charge in [-0.25, -0.2) is 0 Å². The van der Waals surface area contributed by atoms with Gasteiger partial charge >= 0.3 is 0 Å². The van der Waals surface area contributed by atoms with Crippen LogP contribution < -0.4 is 16.5 Å². The Morgan fingerprint density at radius 2 is 2.00 bits per heavy atom. The molecule has 0 saturated heterocycles. The van der Waals surface area contributed by atoms with E-state index in [2.05, 4.69) is 22.8 Å². The minimum atomic E-state index is 0.554. The number of benzene rings is 1. The summed E-state index contributed by atoms with van der Waals surface area (Å²) >= 11 is 5.11. The number of anilines is 1. The second-order valence-electron chi connectivity index (χ2n) is 4.04. The molecule has 5 heteroatoms. The average Bonchev–Trinajstić information content (AvgIpc) is 2.37. The molecule has 0 amide bonds. The van der Waals surface area contributed by atoms with Gasteiger partial charge in [-0.1, -0.05) is 25.5 Å². The summed E-state index contributed by atoms with van der Waals surface area (Å²) in [5.41, 5.74) is 11.1. The van der Waals surface area contributed by atoms with Gasteiger partial charge in [-0.3, -0.25) is 5.43 Å². The van der Waals surface area contributed by atoms with E-state index in [0.29, 0.717) is 5.11 Å². The number of nitrogens with two attached hydrogens (primary N) is 1. The van der Waals surface area contributed by atoms with Crippen LogP contribution in [0.15, 0.2) is 29.4 Å². The summed E-state index contributed by atoms with van der Waals surface area (Å²) in [5.74, 6) is 0.